The second kappa shape index (κ2) is 4.55. The van der Waals surface area contributed by atoms with Crippen LogP contribution in [0.5, 0.6) is 0 Å². The van der Waals surface area contributed by atoms with E-state index in [1.165, 1.54) is 7.11 Å². The van der Waals surface area contributed by atoms with Crippen molar-refractivity contribution in [1.29, 1.82) is 0 Å². The summed E-state index contributed by atoms with van der Waals surface area (Å²) in [5.41, 5.74) is -0.0755. The lowest BCUT2D eigenvalue weighted by Crippen LogP contribution is -2.51. The lowest BCUT2D eigenvalue weighted by atomic mass is 9.97. The lowest BCUT2D eigenvalue weighted by molar-refractivity contribution is -0.133. The van der Waals surface area contributed by atoms with Gasteiger partial charge in [0, 0.05) is 13.1 Å². The summed E-state index contributed by atoms with van der Waals surface area (Å²) >= 11 is 0. The molecular formula is C12H20N2O3. The van der Waals surface area contributed by atoms with Crippen LogP contribution in [0.4, 0.5) is 4.79 Å². The molecule has 5 nitrogen and oxygen atoms in total. The number of hydrogen-bond donors (Lipinski definition) is 1. The molecule has 5 heteroatoms. The Kier molecular flexibility index (Phi) is 3.26. The molecule has 1 saturated carbocycles. The van der Waals surface area contributed by atoms with Gasteiger partial charge in [-0.2, -0.15) is 0 Å². The molecule has 17 heavy (non-hydrogen) atoms. The Morgan fingerprint density at radius 2 is 1.88 bits per heavy atom. The summed E-state index contributed by atoms with van der Waals surface area (Å²) in [4.78, 5) is 25.5. The fourth-order valence-corrected chi connectivity index (χ4v) is 2.32. The van der Waals surface area contributed by atoms with E-state index in [1.54, 1.807) is 0 Å². The van der Waals surface area contributed by atoms with Gasteiger partial charge in [-0.05, 0) is 31.1 Å². The van der Waals surface area contributed by atoms with Crippen molar-refractivity contribution in [2.24, 2.45) is 5.41 Å². The summed E-state index contributed by atoms with van der Waals surface area (Å²) in [7, 11) is 1.32. The molecule has 0 radical (unpaired) electrons. The van der Waals surface area contributed by atoms with Crippen molar-refractivity contribution in [3.05, 3.63) is 0 Å². The summed E-state index contributed by atoms with van der Waals surface area (Å²) in [6.45, 7) is 3.67. The summed E-state index contributed by atoms with van der Waals surface area (Å²) in [6.07, 6.45) is 3.58. The van der Waals surface area contributed by atoms with Crippen LogP contribution in [0.3, 0.4) is 0 Å². The Hall–Kier alpha value is -1.26. The molecule has 2 aliphatic rings. The molecule has 96 valence electrons. The number of likely N-dealkylation sites (tertiary alicyclic amines) is 1. The Bertz CT molecular complexity index is 320. The fraction of sp³-hybridized carbons (Fsp3) is 0.833. The van der Waals surface area contributed by atoms with Crippen LogP contribution < -0.4 is 5.32 Å². The number of rotatable bonds is 3. The number of alkyl carbamates (subject to hydrolysis) is 1. The quantitative estimate of drug-likeness (QED) is 0.804. The first-order valence-corrected chi connectivity index (χ1v) is 6.20. The zero-order valence-electron chi connectivity index (χ0n) is 10.5. The third kappa shape index (κ3) is 2.53. The van der Waals surface area contributed by atoms with E-state index >= 15 is 0 Å². The van der Waals surface area contributed by atoms with E-state index in [4.69, 9.17) is 0 Å². The Morgan fingerprint density at radius 1 is 1.29 bits per heavy atom. The van der Waals surface area contributed by atoms with Crippen LogP contribution in [0, 0.1) is 5.41 Å². The monoisotopic (exact) mass is 240 g/mol. The third-order valence-electron chi connectivity index (χ3n) is 3.85. The molecule has 0 bridgehead atoms. The molecule has 0 unspecified atom stereocenters. The van der Waals surface area contributed by atoms with E-state index in [0.717, 1.165) is 38.8 Å². The van der Waals surface area contributed by atoms with Crippen molar-refractivity contribution >= 4 is 12.0 Å². The number of hydrogen-bond acceptors (Lipinski definition) is 3. The summed E-state index contributed by atoms with van der Waals surface area (Å²) in [5.74, 6) is 0.0490. The molecule has 1 saturated heterocycles. The third-order valence-corrected chi connectivity index (χ3v) is 3.85. The first-order valence-electron chi connectivity index (χ1n) is 6.20. The molecule has 1 atom stereocenters. The second-order valence-corrected chi connectivity index (χ2v) is 5.26. The zero-order valence-corrected chi connectivity index (χ0v) is 10.5. The van der Waals surface area contributed by atoms with Gasteiger partial charge in [-0.25, -0.2) is 4.79 Å². The number of carbonyl (C=O) groups is 2. The van der Waals surface area contributed by atoms with Crippen molar-refractivity contribution in [3.8, 4) is 0 Å². The Labute approximate surface area is 101 Å². The molecule has 0 aromatic heterocycles. The second-order valence-electron chi connectivity index (χ2n) is 5.26. The number of nitrogens with zero attached hydrogens (tertiary/aromatic N) is 1. The summed E-state index contributed by atoms with van der Waals surface area (Å²) in [6, 6.07) is -0.423. The van der Waals surface area contributed by atoms with Gasteiger partial charge in [-0.15, -0.1) is 0 Å². The van der Waals surface area contributed by atoms with Gasteiger partial charge in [0.1, 0.15) is 6.04 Å². The number of methoxy groups -OCH3 is 1. The maximum absolute atomic E-state index is 12.3. The molecule has 1 aliphatic heterocycles. The predicted octanol–water partition coefficient (Wildman–Crippen LogP) is 1.13. The minimum absolute atomic E-state index is 0.0490. The zero-order chi connectivity index (χ0) is 12.5. The van der Waals surface area contributed by atoms with E-state index in [-0.39, 0.29) is 11.3 Å². The Balaban J connectivity index is 2.04. The molecule has 2 rings (SSSR count). The van der Waals surface area contributed by atoms with Crippen LogP contribution >= 0.6 is 0 Å². The number of nitrogens with one attached hydrogen (secondary N) is 1. The standard InChI is InChI=1S/C12H20N2O3/c1-12(5-6-12)9(13-11(16)17-2)10(15)14-7-3-4-8-14/h9H,3-8H2,1-2H3,(H,13,16)/t9-/m1/s1. The minimum atomic E-state index is -0.518. The van der Waals surface area contributed by atoms with Gasteiger partial charge in [0.25, 0.3) is 0 Å². The molecule has 0 spiro atoms. The smallest absolute Gasteiger partial charge is 0.407 e. The van der Waals surface area contributed by atoms with Crippen molar-refractivity contribution in [3.63, 3.8) is 0 Å². The van der Waals surface area contributed by atoms with E-state index in [9.17, 15) is 9.59 Å². The number of amides is 2. The highest BCUT2D eigenvalue weighted by molar-refractivity contribution is 5.87. The van der Waals surface area contributed by atoms with E-state index < -0.39 is 12.1 Å². The number of ether oxygens (including phenoxy) is 1. The lowest BCUT2D eigenvalue weighted by Gasteiger charge is -2.27. The van der Waals surface area contributed by atoms with Crippen molar-refractivity contribution in [1.82, 2.24) is 10.2 Å². The highest BCUT2D eigenvalue weighted by Gasteiger charge is 2.50. The molecule has 1 heterocycles. The van der Waals surface area contributed by atoms with Gasteiger partial charge < -0.3 is 15.0 Å². The maximum atomic E-state index is 12.3. The van der Waals surface area contributed by atoms with Crippen LogP contribution in [0.25, 0.3) is 0 Å². The van der Waals surface area contributed by atoms with Crippen LogP contribution in [0.2, 0.25) is 0 Å². The van der Waals surface area contributed by atoms with E-state index in [1.807, 2.05) is 11.8 Å². The van der Waals surface area contributed by atoms with Crippen molar-refractivity contribution in [2.75, 3.05) is 20.2 Å². The Morgan fingerprint density at radius 3 is 2.35 bits per heavy atom. The molecule has 2 fully saturated rings. The van der Waals surface area contributed by atoms with E-state index in [0.29, 0.717) is 0 Å². The van der Waals surface area contributed by atoms with Gasteiger partial charge in [0.2, 0.25) is 5.91 Å². The highest BCUT2D eigenvalue weighted by Crippen LogP contribution is 2.48. The molecular weight excluding hydrogens is 220 g/mol. The minimum Gasteiger partial charge on any atom is -0.453 e. The maximum Gasteiger partial charge on any atom is 0.407 e. The molecule has 0 aromatic rings. The van der Waals surface area contributed by atoms with E-state index in [2.05, 4.69) is 10.1 Å². The predicted molar refractivity (Wildman–Crippen MR) is 62.5 cm³/mol. The number of carbonyl (C=O) groups excluding carboxylic acids is 2. The average molecular weight is 240 g/mol. The van der Waals surface area contributed by atoms with Crippen molar-refractivity contribution < 1.29 is 14.3 Å². The van der Waals surface area contributed by atoms with Gasteiger partial charge >= 0.3 is 6.09 Å². The molecule has 2 amide bonds. The first-order chi connectivity index (χ1) is 8.07. The van der Waals surface area contributed by atoms with Gasteiger partial charge in [0.15, 0.2) is 0 Å². The molecule has 1 aliphatic carbocycles. The van der Waals surface area contributed by atoms with Crippen LogP contribution in [-0.4, -0.2) is 43.1 Å². The normalized spacial score (nSPS) is 23.1. The fourth-order valence-electron chi connectivity index (χ4n) is 2.32. The SMILES string of the molecule is COC(=O)N[C@H](C(=O)N1CCCC1)C1(C)CC1. The summed E-state index contributed by atoms with van der Waals surface area (Å²) in [5, 5.41) is 2.69. The molecule has 1 N–H and O–H groups in total. The summed E-state index contributed by atoms with van der Waals surface area (Å²) < 4.78 is 4.60. The largest absolute Gasteiger partial charge is 0.453 e. The average Bonchev–Trinajstić information content (AvgIpc) is 2.86. The first kappa shape index (κ1) is 12.2. The molecule has 0 aromatic carbocycles. The van der Waals surface area contributed by atoms with Crippen LogP contribution in [0.15, 0.2) is 0 Å². The highest BCUT2D eigenvalue weighted by atomic mass is 16.5. The van der Waals surface area contributed by atoms with Crippen LogP contribution in [0.1, 0.15) is 32.6 Å². The van der Waals surface area contributed by atoms with Gasteiger partial charge in [-0.3, -0.25) is 4.79 Å². The van der Waals surface area contributed by atoms with Gasteiger partial charge in [0.05, 0.1) is 7.11 Å². The van der Waals surface area contributed by atoms with Crippen molar-refractivity contribution in [2.45, 2.75) is 38.6 Å². The van der Waals surface area contributed by atoms with Gasteiger partial charge in [-0.1, -0.05) is 6.92 Å². The van der Waals surface area contributed by atoms with Crippen LogP contribution in [-0.2, 0) is 9.53 Å². The topological polar surface area (TPSA) is 58.6 Å².